The van der Waals surface area contributed by atoms with Crippen LogP contribution >= 0.6 is 15.9 Å². The second-order valence-electron chi connectivity index (χ2n) is 4.42. The molecule has 0 amide bonds. The fraction of sp³-hybridized carbons (Fsp3) is 0.267. The number of halogens is 1. The molecule has 94 valence electrons. The molecule has 3 heteroatoms. The first-order valence-corrected chi connectivity index (χ1v) is 6.82. The monoisotopic (exact) mass is 304 g/mol. The predicted molar refractivity (Wildman–Crippen MR) is 78.6 cm³/mol. The van der Waals surface area contributed by atoms with Crippen LogP contribution in [0.2, 0.25) is 0 Å². The van der Waals surface area contributed by atoms with Crippen molar-refractivity contribution in [2.45, 2.75) is 19.4 Å². The maximum Gasteiger partial charge on any atom is 0.0359 e. The number of likely N-dealkylation sites (N-methyl/N-ethyl adjacent to an activating group) is 1. The molecule has 0 aliphatic carbocycles. The zero-order valence-corrected chi connectivity index (χ0v) is 12.2. The highest BCUT2D eigenvalue weighted by atomic mass is 79.9. The maximum absolute atomic E-state index is 4.16. The molecule has 0 aliphatic heterocycles. The molecular formula is C15H17BrN2. The lowest BCUT2D eigenvalue weighted by molar-refractivity contribution is 0.590. The zero-order chi connectivity index (χ0) is 13.0. The van der Waals surface area contributed by atoms with Crippen LogP contribution in [-0.2, 0) is 6.42 Å². The Hall–Kier alpha value is -1.19. The molecule has 2 nitrogen and oxygen atoms in total. The van der Waals surface area contributed by atoms with Crippen LogP contribution in [-0.4, -0.2) is 12.0 Å². The molecule has 1 aromatic heterocycles. The average molecular weight is 305 g/mol. The van der Waals surface area contributed by atoms with Gasteiger partial charge in [-0.1, -0.05) is 34.1 Å². The van der Waals surface area contributed by atoms with E-state index in [0.717, 1.165) is 10.9 Å². The number of nitrogens with one attached hydrogen (secondary N) is 1. The van der Waals surface area contributed by atoms with Crippen molar-refractivity contribution in [3.05, 3.63) is 63.9 Å². The van der Waals surface area contributed by atoms with Gasteiger partial charge in [0.2, 0.25) is 0 Å². The lowest BCUT2D eigenvalue weighted by Gasteiger charge is -2.17. The highest BCUT2D eigenvalue weighted by Gasteiger charge is 2.11. The lowest BCUT2D eigenvalue weighted by Crippen LogP contribution is -2.19. The van der Waals surface area contributed by atoms with Crippen molar-refractivity contribution in [3.63, 3.8) is 0 Å². The molecular weight excluding hydrogens is 288 g/mol. The van der Waals surface area contributed by atoms with Crippen LogP contribution in [0, 0.1) is 6.92 Å². The van der Waals surface area contributed by atoms with Gasteiger partial charge in [-0.2, -0.15) is 0 Å². The predicted octanol–water partition coefficient (Wildman–Crippen LogP) is 3.66. The van der Waals surface area contributed by atoms with Crippen LogP contribution in [0.1, 0.15) is 22.7 Å². The molecule has 18 heavy (non-hydrogen) atoms. The van der Waals surface area contributed by atoms with Crippen molar-refractivity contribution in [2.75, 3.05) is 7.05 Å². The summed E-state index contributed by atoms with van der Waals surface area (Å²) in [4.78, 5) is 4.16. The summed E-state index contributed by atoms with van der Waals surface area (Å²) in [6, 6.07) is 10.9. The van der Waals surface area contributed by atoms with Gasteiger partial charge in [0.05, 0.1) is 0 Å². The van der Waals surface area contributed by atoms with E-state index < -0.39 is 0 Å². The van der Waals surface area contributed by atoms with E-state index in [9.17, 15) is 0 Å². The van der Waals surface area contributed by atoms with Gasteiger partial charge >= 0.3 is 0 Å². The largest absolute Gasteiger partial charge is 0.313 e. The van der Waals surface area contributed by atoms with Crippen LogP contribution in [0.5, 0.6) is 0 Å². The zero-order valence-electron chi connectivity index (χ0n) is 10.7. The molecule has 0 radical (unpaired) electrons. The molecule has 0 spiro atoms. The topological polar surface area (TPSA) is 24.9 Å². The van der Waals surface area contributed by atoms with Crippen LogP contribution in [0.15, 0.2) is 47.2 Å². The molecule has 0 aliphatic rings. The van der Waals surface area contributed by atoms with Gasteiger partial charge in [0.1, 0.15) is 0 Å². The molecule has 1 aromatic carbocycles. The quantitative estimate of drug-likeness (QED) is 0.932. The number of nitrogens with zero attached hydrogens (tertiary/aromatic N) is 1. The van der Waals surface area contributed by atoms with Crippen molar-refractivity contribution >= 4 is 15.9 Å². The van der Waals surface area contributed by atoms with E-state index in [4.69, 9.17) is 0 Å². The van der Waals surface area contributed by atoms with Gasteiger partial charge < -0.3 is 5.32 Å². The molecule has 0 bridgehead atoms. The van der Waals surface area contributed by atoms with Crippen molar-refractivity contribution < 1.29 is 0 Å². The second kappa shape index (κ2) is 6.12. The standard InChI is InChI=1S/C15H17BrN2/c1-11-8-13(5-6-14(11)16)15(17-2)9-12-4-3-7-18-10-12/h3-8,10,15,17H,9H2,1-2H3. The van der Waals surface area contributed by atoms with E-state index in [-0.39, 0.29) is 0 Å². The fourth-order valence-electron chi connectivity index (χ4n) is 2.03. The summed E-state index contributed by atoms with van der Waals surface area (Å²) in [7, 11) is 2.00. The SMILES string of the molecule is CNC(Cc1cccnc1)c1ccc(Br)c(C)c1. The summed E-state index contributed by atoms with van der Waals surface area (Å²) in [5.74, 6) is 0. The first-order chi connectivity index (χ1) is 8.70. The summed E-state index contributed by atoms with van der Waals surface area (Å²) >= 11 is 3.54. The third kappa shape index (κ3) is 3.18. The first kappa shape index (κ1) is 13.2. The van der Waals surface area contributed by atoms with Crippen LogP contribution in [0.4, 0.5) is 0 Å². The fourth-order valence-corrected chi connectivity index (χ4v) is 2.27. The summed E-state index contributed by atoms with van der Waals surface area (Å²) in [5, 5.41) is 3.37. The van der Waals surface area contributed by atoms with E-state index >= 15 is 0 Å². The number of hydrogen-bond donors (Lipinski definition) is 1. The molecule has 0 fully saturated rings. The second-order valence-corrected chi connectivity index (χ2v) is 5.27. The van der Waals surface area contributed by atoms with E-state index in [0.29, 0.717) is 6.04 Å². The Morgan fingerprint density at radius 3 is 2.78 bits per heavy atom. The van der Waals surface area contributed by atoms with E-state index in [1.54, 1.807) is 0 Å². The normalized spacial score (nSPS) is 12.4. The number of rotatable bonds is 4. The van der Waals surface area contributed by atoms with Gasteiger partial charge in [-0.15, -0.1) is 0 Å². The Labute approximate surface area is 117 Å². The summed E-state index contributed by atoms with van der Waals surface area (Å²) in [6.45, 7) is 2.12. The van der Waals surface area contributed by atoms with Crippen molar-refractivity contribution in [1.29, 1.82) is 0 Å². The summed E-state index contributed by atoms with van der Waals surface area (Å²) in [5.41, 5.74) is 3.82. The van der Waals surface area contributed by atoms with Gasteiger partial charge in [0.15, 0.2) is 0 Å². The average Bonchev–Trinajstić information content (AvgIpc) is 2.40. The van der Waals surface area contributed by atoms with Gasteiger partial charge in [0, 0.05) is 22.9 Å². The Morgan fingerprint density at radius 1 is 1.33 bits per heavy atom. The van der Waals surface area contributed by atoms with Gasteiger partial charge in [-0.25, -0.2) is 0 Å². The molecule has 1 N–H and O–H groups in total. The highest BCUT2D eigenvalue weighted by molar-refractivity contribution is 9.10. The maximum atomic E-state index is 4.16. The van der Waals surface area contributed by atoms with Crippen molar-refractivity contribution in [2.24, 2.45) is 0 Å². The van der Waals surface area contributed by atoms with Gasteiger partial charge in [-0.3, -0.25) is 4.98 Å². The number of benzene rings is 1. The van der Waals surface area contributed by atoms with Crippen LogP contribution < -0.4 is 5.32 Å². The summed E-state index contributed by atoms with van der Waals surface area (Å²) in [6.07, 6.45) is 4.68. The minimum atomic E-state index is 0.320. The van der Waals surface area contributed by atoms with Gasteiger partial charge in [0.25, 0.3) is 0 Å². The number of aromatic nitrogens is 1. The van der Waals surface area contributed by atoms with Crippen molar-refractivity contribution in [3.8, 4) is 0 Å². The Kier molecular flexibility index (Phi) is 4.50. The Morgan fingerprint density at radius 2 is 2.17 bits per heavy atom. The smallest absolute Gasteiger partial charge is 0.0359 e. The van der Waals surface area contributed by atoms with Crippen LogP contribution in [0.25, 0.3) is 0 Å². The molecule has 0 saturated heterocycles. The van der Waals surface area contributed by atoms with Crippen molar-refractivity contribution in [1.82, 2.24) is 10.3 Å². The summed E-state index contributed by atoms with van der Waals surface area (Å²) < 4.78 is 1.16. The van der Waals surface area contributed by atoms with E-state index in [2.05, 4.69) is 57.4 Å². The van der Waals surface area contributed by atoms with Gasteiger partial charge in [-0.05, 0) is 49.2 Å². The number of hydrogen-bond acceptors (Lipinski definition) is 2. The number of aryl methyl sites for hydroxylation is 1. The Bertz CT molecular complexity index is 511. The first-order valence-electron chi connectivity index (χ1n) is 6.03. The molecule has 0 saturated carbocycles. The highest BCUT2D eigenvalue weighted by Crippen LogP contribution is 2.23. The molecule has 1 unspecified atom stereocenters. The third-order valence-electron chi connectivity index (χ3n) is 3.10. The lowest BCUT2D eigenvalue weighted by atomic mass is 9.98. The van der Waals surface area contributed by atoms with Crippen LogP contribution in [0.3, 0.4) is 0 Å². The van der Waals surface area contributed by atoms with E-state index in [1.807, 2.05) is 25.5 Å². The minimum Gasteiger partial charge on any atom is -0.313 e. The number of pyridine rings is 1. The third-order valence-corrected chi connectivity index (χ3v) is 3.99. The van der Waals surface area contributed by atoms with E-state index in [1.165, 1.54) is 16.7 Å². The minimum absolute atomic E-state index is 0.320. The Balaban J connectivity index is 2.20. The molecule has 1 heterocycles. The molecule has 2 rings (SSSR count). The molecule has 2 aromatic rings. The molecule has 1 atom stereocenters.